The molecule has 1 aliphatic rings. The molecule has 0 amide bonds. The lowest BCUT2D eigenvalue weighted by Gasteiger charge is -2.28. The second-order valence-electron chi connectivity index (χ2n) is 4.59. The van der Waals surface area contributed by atoms with Crippen molar-refractivity contribution in [1.82, 2.24) is 15.1 Å². The molecule has 0 bridgehead atoms. The van der Waals surface area contributed by atoms with E-state index in [-0.39, 0.29) is 5.82 Å². The summed E-state index contributed by atoms with van der Waals surface area (Å²) >= 11 is 6.06. The Morgan fingerprint density at radius 2 is 2.33 bits per heavy atom. The summed E-state index contributed by atoms with van der Waals surface area (Å²) in [6.45, 7) is 2.49. The molecule has 5 heteroatoms. The van der Waals surface area contributed by atoms with Crippen LogP contribution < -0.4 is 0 Å². The smallest absolute Gasteiger partial charge is 0.125 e. The number of benzene rings is 1. The molecule has 1 aromatic heterocycles. The van der Waals surface area contributed by atoms with Crippen LogP contribution in [0.1, 0.15) is 16.7 Å². The number of aromatic amines is 1. The highest BCUT2D eigenvalue weighted by Crippen LogP contribution is 2.27. The van der Waals surface area contributed by atoms with Gasteiger partial charge in [0.2, 0.25) is 0 Å². The van der Waals surface area contributed by atoms with Crippen molar-refractivity contribution in [3.05, 3.63) is 52.1 Å². The van der Waals surface area contributed by atoms with Crippen molar-refractivity contribution in [3.63, 3.8) is 0 Å². The van der Waals surface area contributed by atoms with E-state index in [9.17, 15) is 4.39 Å². The molecule has 2 aromatic rings. The minimum atomic E-state index is -0.260. The lowest BCUT2D eigenvalue weighted by Crippen LogP contribution is -2.30. The average molecular weight is 266 g/mol. The Kier molecular flexibility index (Phi) is 3.06. The highest BCUT2D eigenvalue weighted by atomic mass is 35.5. The lowest BCUT2D eigenvalue weighted by atomic mass is 9.99. The van der Waals surface area contributed by atoms with Gasteiger partial charge in [-0.3, -0.25) is 10.00 Å². The van der Waals surface area contributed by atoms with Gasteiger partial charge in [-0.05, 0) is 29.7 Å². The fraction of sp³-hybridized carbons (Fsp3) is 0.308. The van der Waals surface area contributed by atoms with Gasteiger partial charge in [-0.25, -0.2) is 4.39 Å². The number of H-pyrrole nitrogens is 1. The fourth-order valence-electron chi connectivity index (χ4n) is 2.42. The highest BCUT2D eigenvalue weighted by Gasteiger charge is 2.19. The summed E-state index contributed by atoms with van der Waals surface area (Å²) in [6, 6.07) is 2.98. The second kappa shape index (κ2) is 4.71. The molecule has 0 aliphatic carbocycles. The quantitative estimate of drug-likeness (QED) is 0.905. The van der Waals surface area contributed by atoms with Gasteiger partial charge in [-0.1, -0.05) is 11.6 Å². The summed E-state index contributed by atoms with van der Waals surface area (Å²) in [7, 11) is 0. The Bertz CT molecular complexity index is 554. The van der Waals surface area contributed by atoms with Crippen LogP contribution in [0.5, 0.6) is 0 Å². The Balaban J connectivity index is 1.80. The molecule has 1 aromatic carbocycles. The van der Waals surface area contributed by atoms with E-state index >= 15 is 0 Å². The molecule has 0 unspecified atom stereocenters. The maximum atomic E-state index is 13.3. The van der Waals surface area contributed by atoms with Crippen LogP contribution in [-0.2, 0) is 19.5 Å². The van der Waals surface area contributed by atoms with Crippen LogP contribution in [0.4, 0.5) is 4.39 Å². The minimum Gasteiger partial charge on any atom is -0.294 e. The first-order valence-corrected chi connectivity index (χ1v) is 6.27. The van der Waals surface area contributed by atoms with Crippen molar-refractivity contribution in [2.75, 3.05) is 6.54 Å². The van der Waals surface area contributed by atoms with Gasteiger partial charge in [-0.2, -0.15) is 5.10 Å². The molecule has 18 heavy (non-hydrogen) atoms. The number of fused-ring (bicyclic) bond motifs is 1. The van der Waals surface area contributed by atoms with Crippen molar-refractivity contribution in [2.45, 2.75) is 19.5 Å². The normalized spacial score (nSPS) is 15.7. The molecule has 0 spiro atoms. The maximum absolute atomic E-state index is 13.3. The number of nitrogens with zero attached hydrogens (tertiary/aromatic N) is 2. The topological polar surface area (TPSA) is 31.9 Å². The summed E-state index contributed by atoms with van der Waals surface area (Å²) in [6.07, 6.45) is 4.56. The molecule has 3 rings (SSSR count). The SMILES string of the molecule is Fc1cc(Cl)c2c(c1)CN(Cc1cn[nH]c1)CC2. The first-order valence-electron chi connectivity index (χ1n) is 5.89. The molecule has 1 aliphatic heterocycles. The van der Waals surface area contributed by atoms with E-state index in [4.69, 9.17) is 11.6 Å². The first kappa shape index (κ1) is 11.7. The Morgan fingerprint density at radius 3 is 3.11 bits per heavy atom. The molecule has 0 saturated carbocycles. The molecule has 3 nitrogen and oxygen atoms in total. The van der Waals surface area contributed by atoms with E-state index in [0.29, 0.717) is 5.02 Å². The van der Waals surface area contributed by atoms with Crippen LogP contribution in [0, 0.1) is 5.82 Å². The summed E-state index contributed by atoms with van der Waals surface area (Å²) in [5, 5.41) is 7.28. The van der Waals surface area contributed by atoms with Gasteiger partial charge >= 0.3 is 0 Å². The number of rotatable bonds is 2. The molecule has 0 radical (unpaired) electrons. The Hall–Kier alpha value is -1.39. The molecular formula is C13H13ClFN3. The number of hydrogen-bond donors (Lipinski definition) is 1. The third kappa shape index (κ3) is 2.26. The van der Waals surface area contributed by atoms with E-state index in [2.05, 4.69) is 15.1 Å². The predicted octanol–water partition coefficient (Wildman–Crippen LogP) is 2.76. The van der Waals surface area contributed by atoms with Crippen LogP contribution in [0.2, 0.25) is 5.02 Å². The van der Waals surface area contributed by atoms with Gasteiger partial charge in [0, 0.05) is 36.4 Å². The van der Waals surface area contributed by atoms with Crippen LogP contribution in [0.15, 0.2) is 24.5 Å². The second-order valence-corrected chi connectivity index (χ2v) is 5.00. The van der Waals surface area contributed by atoms with Crippen molar-refractivity contribution < 1.29 is 4.39 Å². The van der Waals surface area contributed by atoms with E-state index in [1.54, 1.807) is 6.07 Å². The summed E-state index contributed by atoms with van der Waals surface area (Å²) < 4.78 is 13.3. The fourth-order valence-corrected chi connectivity index (χ4v) is 2.75. The van der Waals surface area contributed by atoms with Gasteiger partial charge in [0.05, 0.1) is 6.20 Å². The number of hydrogen-bond acceptors (Lipinski definition) is 2. The van der Waals surface area contributed by atoms with E-state index in [1.165, 1.54) is 6.07 Å². The third-order valence-corrected chi connectivity index (χ3v) is 3.62. The minimum absolute atomic E-state index is 0.260. The zero-order valence-corrected chi connectivity index (χ0v) is 10.5. The van der Waals surface area contributed by atoms with E-state index in [0.717, 1.165) is 42.7 Å². The molecule has 0 fully saturated rings. The Morgan fingerprint density at radius 1 is 1.44 bits per heavy atom. The summed E-state index contributed by atoms with van der Waals surface area (Å²) in [5.74, 6) is -0.260. The maximum Gasteiger partial charge on any atom is 0.125 e. The van der Waals surface area contributed by atoms with Gasteiger partial charge in [0.25, 0.3) is 0 Å². The summed E-state index contributed by atoms with van der Waals surface area (Å²) in [5.41, 5.74) is 3.22. The molecule has 94 valence electrons. The van der Waals surface area contributed by atoms with Gasteiger partial charge in [0.15, 0.2) is 0 Å². The molecular weight excluding hydrogens is 253 g/mol. The summed E-state index contributed by atoms with van der Waals surface area (Å²) in [4.78, 5) is 2.27. The van der Waals surface area contributed by atoms with E-state index < -0.39 is 0 Å². The first-order chi connectivity index (χ1) is 8.72. The predicted molar refractivity (Wildman–Crippen MR) is 67.8 cm³/mol. The molecule has 0 atom stereocenters. The number of nitrogens with one attached hydrogen (secondary N) is 1. The van der Waals surface area contributed by atoms with Crippen LogP contribution in [0.3, 0.4) is 0 Å². The molecule has 1 N–H and O–H groups in total. The number of halogens is 2. The largest absolute Gasteiger partial charge is 0.294 e. The average Bonchev–Trinajstić information content (AvgIpc) is 2.81. The van der Waals surface area contributed by atoms with Crippen molar-refractivity contribution in [2.24, 2.45) is 0 Å². The van der Waals surface area contributed by atoms with Crippen LogP contribution >= 0.6 is 11.6 Å². The standard InChI is InChI=1S/C13H13ClFN3/c14-13-4-11(15)3-10-8-18(2-1-12(10)13)7-9-5-16-17-6-9/h3-6H,1-2,7-8H2,(H,16,17). The van der Waals surface area contributed by atoms with Gasteiger partial charge < -0.3 is 0 Å². The number of aromatic nitrogens is 2. The molecule has 2 heterocycles. The highest BCUT2D eigenvalue weighted by molar-refractivity contribution is 6.31. The van der Waals surface area contributed by atoms with E-state index in [1.807, 2.05) is 12.4 Å². The van der Waals surface area contributed by atoms with Crippen LogP contribution in [-0.4, -0.2) is 21.6 Å². The zero-order chi connectivity index (χ0) is 12.5. The van der Waals surface area contributed by atoms with Crippen molar-refractivity contribution in [3.8, 4) is 0 Å². The monoisotopic (exact) mass is 265 g/mol. The molecule has 0 saturated heterocycles. The van der Waals surface area contributed by atoms with Crippen LogP contribution in [0.25, 0.3) is 0 Å². The van der Waals surface area contributed by atoms with Crippen molar-refractivity contribution in [1.29, 1.82) is 0 Å². The van der Waals surface area contributed by atoms with Gasteiger partial charge in [-0.15, -0.1) is 0 Å². The third-order valence-electron chi connectivity index (χ3n) is 3.29. The Labute approximate surface area is 110 Å². The van der Waals surface area contributed by atoms with Crippen molar-refractivity contribution >= 4 is 11.6 Å². The van der Waals surface area contributed by atoms with Gasteiger partial charge in [0.1, 0.15) is 5.82 Å². The lowest BCUT2D eigenvalue weighted by molar-refractivity contribution is 0.245. The zero-order valence-electron chi connectivity index (χ0n) is 9.79.